The molecule has 0 atom stereocenters. The fourth-order valence-electron chi connectivity index (χ4n) is 4.91. The smallest absolute Gasteiger partial charge is 0.328 e. The van der Waals surface area contributed by atoms with Gasteiger partial charge < -0.3 is 9.64 Å². The molecule has 2 aromatic carbocycles. The summed E-state index contributed by atoms with van der Waals surface area (Å²) in [5, 5.41) is 18.0. The van der Waals surface area contributed by atoms with Crippen LogP contribution < -0.4 is 20.3 Å². The molecular formula is C28H21N7O4. The molecule has 1 spiro atoms. The molecule has 0 aliphatic carbocycles. The first-order chi connectivity index (χ1) is 19.0. The Hall–Kier alpha value is -5.50. The highest BCUT2D eigenvalue weighted by atomic mass is 16.5. The van der Waals surface area contributed by atoms with Gasteiger partial charge in [0, 0.05) is 24.4 Å². The lowest BCUT2D eigenvalue weighted by Crippen LogP contribution is -2.71. The van der Waals surface area contributed by atoms with Crippen LogP contribution in [0.15, 0.2) is 79.1 Å². The molecule has 11 heteroatoms. The van der Waals surface area contributed by atoms with E-state index in [0.717, 1.165) is 16.9 Å². The standard InChI is InChI=1S/C28H21N7O4/c29-16-18-2-6-20(7-3-18)35-15-12-23(33-35)19-4-9-22(10-5-19)39-24-11-8-21(17-30-24)34-14-1-13-28(34)25(36)31-27(38)32-26(28)37/h2-12,15,17H,1,13-14H2,(H2,31,32,36,37,38). The van der Waals surface area contributed by atoms with Crippen molar-refractivity contribution in [2.75, 3.05) is 11.4 Å². The van der Waals surface area contributed by atoms with Gasteiger partial charge in [0.05, 0.1) is 34.9 Å². The van der Waals surface area contributed by atoms with E-state index in [-0.39, 0.29) is 0 Å². The van der Waals surface area contributed by atoms with E-state index in [4.69, 9.17) is 10.00 Å². The number of rotatable bonds is 5. The Morgan fingerprint density at radius 1 is 0.897 bits per heavy atom. The molecule has 6 rings (SSSR count). The summed E-state index contributed by atoms with van der Waals surface area (Å²) in [5.41, 5.74) is 2.24. The number of aromatic nitrogens is 3. The lowest BCUT2D eigenvalue weighted by molar-refractivity contribution is -0.137. The lowest BCUT2D eigenvalue weighted by atomic mass is 9.92. The SMILES string of the molecule is N#Cc1ccc(-n2ccc(-c3ccc(Oc4ccc(N5CCCC56C(=O)NC(=O)NC6=O)cn4)cc3)n2)cc1. The van der Waals surface area contributed by atoms with E-state index in [0.29, 0.717) is 42.3 Å². The summed E-state index contributed by atoms with van der Waals surface area (Å²) in [6, 6.07) is 21.2. The minimum Gasteiger partial charge on any atom is -0.439 e. The number of nitrogens with one attached hydrogen (secondary N) is 2. The molecule has 2 aliphatic heterocycles. The van der Waals surface area contributed by atoms with Crippen LogP contribution in [0.1, 0.15) is 18.4 Å². The van der Waals surface area contributed by atoms with Gasteiger partial charge >= 0.3 is 6.03 Å². The van der Waals surface area contributed by atoms with Crippen molar-refractivity contribution in [1.82, 2.24) is 25.4 Å². The molecule has 2 saturated heterocycles. The molecule has 4 amide bonds. The summed E-state index contributed by atoms with van der Waals surface area (Å²) < 4.78 is 7.64. The van der Waals surface area contributed by atoms with Gasteiger partial charge in [0.2, 0.25) is 5.88 Å². The third kappa shape index (κ3) is 4.23. The van der Waals surface area contributed by atoms with Crippen LogP contribution in [0, 0.1) is 11.3 Å². The van der Waals surface area contributed by atoms with Gasteiger partial charge in [-0.15, -0.1) is 0 Å². The highest BCUT2D eigenvalue weighted by molar-refractivity contribution is 6.24. The molecule has 0 radical (unpaired) electrons. The molecule has 11 nitrogen and oxygen atoms in total. The minimum absolute atomic E-state index is 0.300. The van der Waals surface area contributed by atoms with Crippen molar-refractivity contribution >= 4 is 23.5 Å². The lowest BCUT2D eigenvalue weighted by Gasteiger charge is -2.38. The van der Waals surface area contributed by atoms with Crippen LogP contribution in [0.2, 0.25) is 0 Å². The molecule has 0 unspecified atom stereocenters. The van der Waals surface area contributed by atoms with Gasteiger partial charge in [0.1, 0.15) is 5.75 Å². The Morgan fingerprint density at radius 3 is 2.28 bits per heavy atom. The van der Waals surface area contributed by atoms with Crippen molar-refractivity contribution in [1.29, 1.82) is 5.26 Å². The highest BCUT2D eigenvalue weighted by Crippen LogP contribution is 2.36. The topological polar surface area (TPSA) is 142 Å². The maximum atomic E-state index is 12.7. The second-order valence-electron chi connectivity index (χ2n) is 9.14. The predicted molar refractivity (Wildman–Crippen MR) is 139 cm³/mol. The van der Waals surface area contributed by atoms with Gasteiger partial charge in [-0.3, -0.25) is 20.2 Å². The molecule has 0 bridgehead atoms. The summed E-state index contributed by atoms with van der Waals surface area (Å²) in [6.07, 6.45) is 4.32. The zero-order chi connectivity index (χ0) is 27.0. The zero-order valence-corrected chi connectivity index (χ0v) is 20.5. The Labute approximate surface area is 222 Å². The first-order valence-corrected chi connectivity index (χ1v) is 12.2. The van der Waals surface area contributed by atoms with Crippen LogP contribution >= 0.6 is 0 Å². The quantitative estimate of drug-likeness (QED) is 0.383. The van der Waals surface area contributed by atoms with Gasteiger partial charge in [-0.05, 0) is 73.5 Å². The van der Waals surface area contributed by atoms with Crippen LogP contribution in [-0.4, -0.2) is 44.7 Å². The second kappa shape index (κ2) is 9.42. The van der Waals surface area contributed by atoms with Gasteiger partial charge in [0.15, 0.2) is 5.54 Å². The molecule has 0 saturated carbocycles. The van der Waals surface area contributed by atoms with Gasteiger partial charge in [0.25, 0.3) is 11.8 Å². The number of hydrogen-bond donors (Lipinski definition) is 2. The Balaban J connectivity index is 1.14. The minimum atomic E-state index is -1.47. The molecule has 2 aromatic heterocycles. The van der Waals surface area contributed by atoms with E-state index in [9.17, 15) is 14.4 Å². The monoisotopic (exact) mass is 519 g/mol. The van der Waals surface area contributed by atoms with Crippen molar-refractivity contribution in [3.8, 4) is 34.6 Å². The number of hydrogen-bond acceptors (Lipinski definition) is 8. The predicted octanol–water partition coefficient (Wildman–Crippen LogP) is 3.30. The van der Waals surface area contributed by atoms with Crippen molar-refractivity contribution in [3.05, 3.63) is 84.7 Å². The van der Waals surface area contributed by atoms with Crippen molar-refractivity contribution in [3.63, 3.8) is 0 Å². The summed E-state index contributed by atoms with van der Waals surface area (Å²) >= 11 is 0. The highest BCUT2D eigenvalue weighted by Gasteiger charge is 2.57. The molecule has 2 N–H and O–H groups in total. The van der Waals surface area contributed by atoms with Crippen molar-refractivity contribution < 1.29 is 19.1 Å². The van der Waals surface area contributed by atoms with Crippen LogP contribution in [0.4, 0.5) is 10.5 Å². The van der Waals surface area contributed by atoms with Gasteiger partial charge in [-0.2, -0.15) is 10.4 Å². The Bertz CT molecular complexity index is 1600. The van der Waals surface area contributed by atoms with Crippen LogP contribution in [-0.2, 0) is 9.59 Å². The van der Waals surface area contributed by atoms with Gasteiger partial charge in [-0.1, -0.05) is 0 Å². The molecule has 2 fully saturated rings. The number of ether oxygens (including phenoxy) is 1. The van der Waals surface area contributed by atoms with E-state index >= 15 is 0 Å². The van der Waals surface area contributed by atoms with Crippen LogP contribution in [0.3, 0.4) is 0 Å². The van der Waals surface area contributed by atoms with E-state index in [1.807, 2.05) is 48.7 Å². The third-order valence-corrected chi connectivity index (χ3v) is 6.84. The number of barbiturate groups is 1. The summed E-state index contributed by atoms with van der Waals surface area (Å²) in [7, 11) is 0. The molecule has 2 aliphatic rings. The number of carbonyl (C=O) groups excluding carboxylic acids is 3. The molecule has 192 valence electrons. The molecular weight excluding hydrogens is 498 g/mol. The summed E-state index contributed by atoms with van der Waals surface area (Å²) in [5.74, 6) is -0.336. The van der Waals surface area contributed by atoms with Crippen molar-refractivity contribution in [2.24, 2.45) is 0 Å². The third-order valence-electron chi connectivity index (χ3n) is 6.84. The maximum Gasteiger partial charge on any atom is 0.328 e. The zero-order valence-electron chi connectivity index (χ0n) is 20.5. The fraction of sp³-hybridized carbons (Fsp3) is 0.143. The first-order valence-electron chi connectivity index (χ1n) is 12.2. The number of nitrogens with zero attached hydrogens (tertiary/aromatic N) is 5. The maximum absolute atomic E-state index is 12.7. The Morgan fingerprint density at radius 2 is 1.62 bits per heavy atom. The molecule has 39 heavy (non-hydrogen) atoms. The number of pyridine rings is 1. The van der Waals surface area contributed by atoms with E-state index in [1.165, 1.54) is 0 Å². The van der Waals surface area contributed by atoms with E-state index in [2.05, 4.69) is 26.8 Å². The van der Waals surface area contributed by atoms with Crippen LogP contribution in [0.25, 0.3) is 16.9 Å². The number of carbonyl (C=O) groups is 3. The fourth-order valence-corrected chi connectivity index (χ4v) is 4.91. The number of urea groups is 1. The largest absolute Gasteiger partial charge is 0.439 e. The average molecular weight is 520 g/mol. The number of anilines is 1. The molecule has 4 heterocycles. The van der Waals surface area contributed by atoms with Crippen LogP contribution in [0.5, 0.6) is 11.6 Å². The first kappa shape index (κ1) is 23.9. The number of nitriles is 1. The summed E-state index contributed by atoms with van der Waals surface area (Å²) in [6.45, 7) is 0.472. The second-order valence-corrected chi connectivity index (χ2v) is 9.14. The summed E-state index contributed by atoms with van der Waals surface area (Å²) in [4.78, 5) is 42.9. The van der Waals surface area contributed by atoms with E-state index < -0.39 is 23.4 Å². The number of amides is 4. The Kier molecular flexibility index (Phi) is 5.77. The molecule has 4 aromatic rings. The van der Waals surface area contributed by atoms with E-state index in [1.54, 1.807) is 40.0 Å². The number of imide groups is 2. The normalized spacial score (nSPS) is 16.1. The average Bonchev–Trinajstić information content (AvgIpc) is 3.62. The van der Waals surface area contributed by atoms with Crippen molar-refractivity contribution in [2.45, 2.75) is 18.4 Å². The van der Waals surface area contributed by atoms with Gasteiger partial charge in [-0.25, -0.2) is 14.5 Å². The number of benzene rings is 2.